The van der Waals surface area contributed by atoms with Gasteiger partial charge >= 0.3 is 12.3 Å². The zero-order valence-electron chi connectivity index (χ0n) is 13.9. The number of hydrogen-bond acceptors (Lipinski definition) is 7. The molecule has 0 atom stereocenters. The van der Waals surface area contributed by atoms with Gasteiger partial charge in [0.15, 0.2) is 0 Å². The van der Waals surface area contributed by atoms with E-state index in [2.05, 4.69) is 9.47 Å². The van der Waals surface area contributed by atoms with Gasteiger partial charge in [-0.1, -0.05) is 24.3 Å². The Morgan fingerprint density at radius 3 is 1.40 bits per heavy atom. The molecule has 0 bridgehead atoms. The van der Waals surface area contributed by atoms with Crippen LogP contribution >= 0.6 is 11.8 Å². The Morgan fingerprint density at radius 1 is 0.720 bits per heavy atom. The molecular formula is C18H18O6S. The van der Waals surface area contributed by atoms with Crippen LogP contribution in [0.2, 0.25) is 0 Å². The van der Waals surface area contributed by atoms with Gasteiger partial charge in [-0.2, -0.15) is 11.8 Å². The Bertz CT molecular complexity index is 635. The van der Waals surface area contributed by atoms with Gasteiger partial charge in [0.1, 0.15) is 11.5 Å². The van der Waals surface area contributed by atoms with Gasteiger partial charge in [0.2, 0.25) is 0 Å². The van der Waals surface area contributed by atoms with Crippen LogP contribution in [0.3, 0.4) is 0 Å². The Hall–Kier alpha value is -2.67. The second-order valence-corrected chi connectivity index (χ2v) is 5.88. The Labute approximate surface area is 150 Å². The molecule has 7 heteroatoms. The Balaban J connectivity index is 1.78. The molecule has 0 amide bonds. The van der Waals surface area contributed by atoms with Crippen molar-refractivity contribution in [2.75, 3.05) is 14.2 Å². The van der Waals surface area contributed by atoms with Gasteiger partial charge in [0, 0.05) is 11.5 Å². The molecule has 0 unspecified atom stereocenters. The summed E-state index contributed by atoms with van der Waals surface area (Å²) in [6.45, 7) is 0. The number of thioether (sulfide) groups is 1. The summed E-state index contributed by atoms with van der Waals surface area (Å²) in [6, 6.07) is 14.5. The first-order valence-electron chi connectivity index (χ1n) is 7.38. The smallest absolute Gasteiger partial charge is 0.437 e. The molecule has 0 N–H and O–H groups in total. The van der Waals surface area contributed by atoms with Crippen LogP contribution in [0.5, 0.6) is 11.5 Å². The zero-order valence-corrected chi connectivity index (χ0v) is 14.7. The Morgan fingerprint density at radius 2 is 1.08 bits per heavy atom. The van der Waals surface area contributed by atoms with E-state index in [-0.39, 0.29) is 0 Å². The zero-order chi connectivity index (χ0) is 18.1. The lowest BCUT2D eigenvalue weighted by molar-refractivity contribution is 0.120. The van der Waals surface area contributed by atoms with Crippen molar-refractivity contribution < 1.29 is 28.5 Å². The van der Waals surface area contributed by atoms with Gasteiger partial charge in [0.25, 0.3) is 0 Å². The van der Waals surface area contributed by atoms with Gasteiger partial charge in [-0.25, -0.2) is 9.59 Å². The average Bonchev–Trinajstić information content (AvgIpc) is 2.64. The second-order valence-electron chi connectivity index (χ2n) is 4.89. The number of methoxy groups -OCH3 is 2. The molecule has 6 nitrogen and oxygen atoms in total. The number of benzene rings is 2. The molecule has 0 saturated heterocycles. The molecule has 0 radical (unpaired) electrons. The molecule has 0 heterocycles. The van der Waals surface area contributed by atoms with Crippen molar-refractivity contribution in [2.24, 2.45) is 0 Å². The molecule has 0 saturated carbocycles. The highest BCUT2D eigenvalue weighted by atomic mass is 32.2. The molecule has 0 aliphatic rings. The van der Waals surface area contributed by atoms with E-state index >= 15 is 0 Å². The molecule has 0 aromatic heterocycles. The van der Waals surface area contributed by atoms with Crippen molar-refractivity contribution >= 4 is 24.1 Å². The van der Waals surface area contributed by atoms with Gasteiger partial charge < -0.3 is 18.9 Å². The van der Waals surface area contributed by atoms with Crippen molar-refractivity contribution in [1.29, 1.82) is 0 Å². The van der Waals surface area contributed by atoms with Crippen molar-refractivity contribution in [1.82, 2.24) is 0 Å². The Kier molecular flexibility index (Phi) is 7.16. The first-order valence-corrected chi connectivity index (χ1v) is 8.53. The van der Waals surface area contributed by atoms with Gasteiger partial charge in [-0.05, 0) is 35.4 Å². The number of carbonyl (C=O) groups is 2. The maximum absolute atomic E-state index is 11.0. The number of hydrogen-bond donors (Lipinski definition) is 0. The third-order valence-electron chi connectivity index (χ3n) is 3.12. The minimum atomic E-state index is -0.734. The molecule has 2 rings (SSSR count). The fourth-order valence-corrected chi connectivity index (χ4v) is 2.83. The van der Waals surface area contributed by atoms with Crippen LogP contribution < -0.4 is 9.47 Å². The lowest BCUT2D eigenvalue weighted by atomic mass is 10.2. The van der Waals surface area contributed by atoms with E-state index in [1.54, 1.807) is 36.0 Å². The minimum absolute atomic E-state index is 0.446. The van der Waals surface area contributed by atoms with Crippen LogP contribution in [-0.2, 0) is 21.0 Å². The van der Waals surface area contributed by atoms with Crippen molar-refractivity contribution in [3.63, 3.8) is 0 Å². The highest BCUT2D eigenvalue weighted by Crippen LogP contribution is 2.22. The molecule has 2 aromatic carbocycles. The second kappa shape index (κ2) is 9.58. The fraction of sp³-hybridized carbons (Fsp3) is 0.222. The van der Waals surface area contributed by atoms with Crippen molar-refractivity contribution in [3.05, 3.63) is 59.7 Å². The van der Waals surface area contributed by atoms with Gasteiger partial charge in [0.05, 0.1) is 14.2 Å². The highest BCUT2D eigenvalue weighted by molar-refractivity contribution is 7.97. The third kappa shape index (κ3) is 6.39. The van der Waals surface area contributed by atoms with Crippen molar-refractivity contribution in [2.45, 2.75) is 11.5 Å². The van der Waals surface area contributed by atoms with Crippen LogP contribution in [-0.4, -0.2) is 26.5 Å². The summed E-state index contributed by atoms with van der Waals surface area (Å²) in [7, 11) is 2.53. The molecule has 25 heavy (non-hydrogen) atoms. The monoisotopic (exact) mass is 362 g/mol. The first kappa shape index (κ1) is 18.7. The normalized spacial score (nSPS) is 10.0. The average molecular weight is 362 g/mol. The lowest BCUT2D eigenvalue weighted by Gasteiger charge is -2.06. The van der Waals surface area contributed by atoms with E-state index in [1.807, 2.05) is 24.3 Å². The standard InChI is InChI=1S/C18H18O6S/c1-21-17(19)23-15-7-3-13(4-8-15)11-25-12-14-5-9-16(10-6-14)24-18(20)22-2/h3-10H,11-12H2,1-2H3. The topological polar surface area (TPSA) is 71.1 Å². The first-order chi connectivity index (χ1) is 12.1. The summed E-state index contributed by atoms with van der Waals surface area (Å²) in [6.07, 6.45) is -1.47. The van der Waals surface area contributed by atoms with Crippen LogP contribution in [0.1, 0.15) is 11.1 Å². The van der Waals surface area contributed by atoms with Crippen LogP contribution in [0.15, 0.2) is 48.5 Å². The van der Waals surface area contributed by atoms with E-state index < -0.39 is 12.3 Å². The SMILES string of the molecule is COC(=O)Oc1ccc(CSCc2ccc(OC(=O)OC)cc2)cc1. The molecule has 0 aliphatic heterocycles. The van der Waals surface area contributed by atoms with Crippen molar-refractivity contribution in [3.8, 4) is 11.5 Å². The number of ether oxygens (including phenoxy) is 4. The van der Waals surface area contributed by atoms with Crippen LogP contribution in [0, 0.1) is 0 Å². The summed E-state index contributed by atoms with van der Waals surface area (Å²) in [5, 5.41) is 0. The van der Waals surface area contributed by atoms with E-state index in [9.17, 15) is 9.59 Å². The lowest BCUT2D eigenvalue weighted by Crippen LogP contribution is -2.07. The maximum atomic E-state index is 11.0. The quantitative estimate of drug-likeness (QED) is 0.557. The summed E-state index contributed by atoms with van der Waals surface area (Å²) in [4.78, 5) is 22.0. The van der Waals surface area contributed by atoms with Gasteiger partial charge in [-0.3, -0.25) is 0 Å². The summed E-state index contributed by atoms with van der Waals surface area (Å²) >= 11 is 1.74. The summed E-state index contributed by atoms with van der Waals surface area (Å²) in [5.74, 6) is 2.53. The fourth-order valence-electron chi connectivity index (χ4n) is 1.87. The maximum Gasteiger partial charge on any atom is 0.513 e. The highest BCUT2D eigenvalue weighted by Gasteiger charge is 2.05. The minimum Gasteiger partial charge on any atom is -0.437 e. The van der Waals surface area contributed by atoms with E-state index in [0.29, 0.717) is 11.5 Å². The molecule has 0 spiro atoms. The largest absolute Gasteiger partial charge is 0.513 e. The van der Waals surface area contributed by atoms with E-state index in [4.69, 9.17) is 9.47 Å². The molecule has 132 valence electrons. The van der Waals surface area contributed by atoms with E-state index in [0.717, 1.165) is 22.6 Å². The van der Waals surface area contributed by atoms with Crippen LogP contribution in [0.4, 0.5) is 9.59 Å². The number of rotatable bonds is 6. The predicted molar refractivity (Wildman–Crippen MR) is 93.9 cm³/mol. The predicted octanol–water partition coefficient (Wildman–Crippen LogP) is 4.41. The molecule has 0 aliphatic carbocycles. The number of carbonyl (C=O) groups excluding carboxylic acids is 2. The summed E-state index contributed by atoms with van der Waals surface area (Å²) in [5.41, 5.74) is 2.24. The molecule has 0 fully saturated rings. The molecule has 2 aromatic rings. The van der Waals surface area contributed by atoms with Crippen LogP contribution in [0.25, 0.3) is 0 Å². The van der Waals surface area contributed by atoms with Gasteiger partial charge in [-0.15, -0.1) is 0 Å². The van der Waals surface area contributed by atoms with E-state index in [1.165, 1.54) is 14.2 Å². The summed E-state index contributed by atoms with van der Waals surface area (Å²) < 4.78 is 18.7. The third-order valence-corrected chi connectivity index (χ3v) is 4.19. The molecular weight excluding hydrogens is 344 g/mol.